The maximum absolute atomic E-state index is 12.8. The zero-order valence-corrected chi connectivity index (χ0v) is 15.7. The van der Waals surface area contributed by atoms with Crippen molar-refractivity contribution in [3.05, 3.63) is 35.4 Å². The molecule has 1 fully saturated rings. The summed E-state index contributed by atoms with van der Waals surface area (Å²) < 4.78 is 38.5. The lowest BCUT2D eigenvalue weighted by atomic mass is 9.84. The highest BCUT2D eigenvalue weighted by atomic mass is 19.4. The van der Waals surface area contributed by atoms with E-state index < -0.39 is 11.7 Å². The van der Waals surface area contributed by atoms with Gasteiger partial charge in [-0.25, -0.2) is 0 Å². The Morgan fingerprint density at radius 3 is 2.50 bits per heavy atom. The molecule has 2 atom stereocenters. The molecule has 146 valence electrons. The van der Waals surface area contributed by atoms with Crippen molar-refractivity contribution in [2.45, 2.75) is 38.4 Å². The largest absolute Gasteiger partial charge is 0.416 e. The van der Waals surface area contributed by atoms with E-state index in [0.29, 0.717) is 5.92 Å². The summed E-state index contributed by atoms with van der Waals surface area (Å²) in [4.78, 5) is 6.46. The molecule has 0 amide bonds. The van der Waals surface area contributed by atoms with Gasteiger partial charge in [0.05, 0.1) is 5.56 Å². The normalized spacial score (nSPS) is 22.3. The summed E-state index contributed by atoms with van der Waals surface area (Å²) in [5.41, 5.74) is 0.335. The average molecular weight is 370 g/mol. The first-order valence-corrected chi connectivity index (χ1v) is 9.18. The summed E-state index contributed by atoms with van der Waals surface area (Å²) in [6.07, 6.45) is -1.16. The highest BCUT2D eigenvalue weighted by Crippen LogP contribution is 2.36. The van der Waals surface area contributed by atoms with E-state index in [-0.39, 0.29) is 6.04 Å². The number of nitrogens with zero attached hydrogens (tertiary/aromatic N) is 2. The zero-order valence-electron chi connectivity index (χ0n) is 15.7. The summed E-state index contributed by atoms with van der Waals surface area (Å²) in [6.45, 7) is 4.63. The molecule has 1 aromatic rings. The van der Waals surface area contributed by atoms with Gasteiger partial charge in [0.2, 0.25) is 0 Å². The predicted molar refractivity (Wildman–Crippen MR) is 99.2 cm³/mol. The molecule has 0 aromatic heterocycles. The number of rotatable bonds is 5. The maximum Gasteiger partial charge on any atom is 0.416 e. The first-order chi connectivity index (χ1) is 12.4. The van der Waals surface area contributed by atoms with E-state index in [1.165, 1.54) is 12.1 Å². The average Bonchev–Trinajstić information content (AvgIpc) is 2.61. The monoisotopic (exact) mass is 370 g/mol. The molecule has 2 unspecified atom stereocenters. The van der Waals surface area contributed by atoms with Crippen LogP contribution >= 0.6 is 0 Å². The van der Waals surface area contributed by atoms with Gasteiger partial charge in [-0.3, -0.25) is 9.89 Å². The van der Waals surface area contributed by atoms with Crippen LogP contribution < -0.4 is 10.6 Å². The van der Waals surface area contributed by atoms with Gasteiger partial charge in [0, 0.05) is 26.2 Å². The Hall–Kier alpha value is -1.76. The molecule has 2 rings (SSSR count). The molecule has 1 heterocycles. The van der Waals surface area contributed by atoms with Crippen LogP contribution in [0, 0.1) is 5.92 Å². The van der Waals surface area contributed by atoms with Crippen LogP contribution in [0.5, 0.6) is 0 Å². The highest BCUT2D eigenvalue weighted by molar-refractivity contribution is 5.79. The third kappa shape index (κ3) is 5.37. The SMILES string of the molecule is CCCNC(=NC)NCC1CCCN(C)C1c1ccc(C(F)(F)F)cc1. The molecule has 4 nitrogen and oxygen atoms in total. The van der Waals surface area contributed by atoms with Crippen molar-refractivity contribution in [3.63, 3.8) is 0 Å². The van der Waals surface area contributed by atoms with E-state index in [9.17, 15) is 13.2 Å². The minimum Gasteiger partial charge on any atom is -0.356 e. The minimum absolute atomic E-state index is 0.0998. The molecule has 1 aliphatic rings. The van der Waals surface area contributed by atoms with E-state index in [0.717, 1.165) is 50.4 Å². The number of nitrogens with one attached hydrogen (secondary N) is 2. The fraction of sp³-hybridized carbons (Fsp3) is 0.632. The van der Waals surface area contributed by atoms with Crippen LogP contribution in [0.4, 0.5) is 13.2 Å². The predicted octanol–water partition coefficient (Wildman–Crippen LogP) is 3.66. The van der Waals surface area contributed by atoms with E-state index in [4.69, 9.17) is 0 Å². The van der Waals surface area contributed by atoms with Gasteiger partial charge >= 0.3 is 6.18 Å². The van der Waals surface area contributed by atoms with Crippen molar-refractivity contribution in [3.8, 4) is 0 Å². The van der Waals surface area contributed by atoms with Gasteiger partial charge < -0.3 is 10.6 Å². The van der Waals surface area contributed by atoms with Gasteiger partial charge in [-0.1, -0.05) is 19.1 Å². The number of hydrogen-bond donors (Lipinski definition) is 2. The molecule has 26 heavy (non-hydrogen) atoms. The number of alkyl halides is 3. The number of piperidine rings is 1. The molecule has 2 N–H and O–H groups in total. The molecular formula is C19H29F3N4. The van der Waals surface area contributed by atoms with E-state index in [2.05, 4.69) is 27.4 Å². The Labute approximate surface area is 153 Å². The number of hydrogen-bond acceptors (Lipinski definition) is 2. The quantitative estimate of drug-likeness (QED) is 0.614. The van der Waals surface area contributed by atoms with Gasteiger partial charge in [-0.15, -0.1) is 0 Å². The van der Waals surface area contributed by atoms with E-state index in [1.54, 1.807) is 19.2 Å². The summed E-state index contributed by atoms with van der Waals surface area (Å²) in [5.74, 6) is 1.08. The number of halogens is 3. The second kappa shape index (κ2) is 9.26. The lowest BCUT2D eigenvalue weighted by Crippen LogP contribution is -2.45. The van der Waals surface area contributed by atoms with Crippen LogP contribution in [0.15, 0.2) is 29.3 Å². The summed E-state index contributed by atoms with van der Waals surface area (Å²) >= 11 is 0. The van der Waals surface area contributed by atoms with Crippen molar-refractivity contribution in [2.24, 2.45) is 10.9 Å². The first-order valence-electron chi connectivity index (χ1n) is 9.18. The van der Waals surface area contributed by atoms with Crippen molar-refractivity contribution in [1.29, 1.82) is 0 Å². The third-order valence-electron chi connectivity index (χ3n) is 4.88. The molecule has 0 saturated carbocycles. The number of guanidine groups is 1. The summed E-state index contributed by atoms with van der Waals surface area (Å²) in [7, 11) is 3.78. The fourth-order valence-electron chi connectivity index (χ4n) is 3.56. The van der Waals surface area contributed by atoms with E-state index >= 15 is 0 Å². The molecule has 0 radical (unpaired) electrons. The third-order valence-corrected chi connectivity index (χ3v) is 4.88. The standard InChI is InChI=1S/C19H29F3N4/c1-4-11-24-18(23-2)25-13-15-6-5-12-26(3)17(15)14-7-9-16(10-8-14)19(20,21)22/h7-10,15,17H,4-6,11-13H2,1-3H3,(H2,23,24,25). The first kappa shape index (κ1) is 20.6. The van der Waals surface area contributed by atoms with Gasteiger partial charge in [0.1, 0.15) is 0 Å². The molecule has 1 aliphatic heterocycles. The molecule has 0 spiro atoms. The maximum atomic E-state index is 12.8. The van der Waals surface area contributed by atoms with Crippen LogP contribution in [-0.2, 0) is 6.18 Å². The van der Waals surface area contributed by atoms with Crippen LogP contribution in [0.1, 0.15) is 43.4 Å². The molecule has 7 heteroatoms. The lowest BCUT2D eigenvalue weighted by molar-refractivity contribution is -0.137. The van der Waals surface area contributed by atoms with Crippen molar-refractivity contribution in [2.75, 3.05) is 33.7 Å². The molecule has 0 bridgehead atoms. The van der Waals surface area contributed by atoms with E-state index in [1.807, 2.05) is 7.05 Å². The highest BCUT2D eigenvalue weighted by Gasteiger charge is 2.33. The Morgan fingerprint density at radius 1 is 1.23 bits per heavy atom. The van der Waals surface area contributed by atoms with Crippen molar-refractivity contribution in [1.82, 2.24) is 15.5 Å². The number of aliphatic imine (C=N–C) groups is 1. The zero-order chi connectivity index (χ0) is 19.2. The van der Waals surface area contributed by atoms with Crippen molar-refractivity contribution >= 4 is 5.96 Å². The Balaban J connectivity index is 2.10. The molecule has 1 saturated heterocycles. The Kier molecular flexibility index (Phi) is 7.32. The minimum atomic E-state index is -4.30. The second-order valence-corrected chi connectivity index (χ2v) is 6.83. The Bertz CT molecular complexity index is 583. The van der Waals surface area contributed by atoms with Gasteiger partial charge in [0.25, 0.3) is 0 Å². The van der Waals surface area contributed by atoms with Crippen molar-refractivity contribution < 1.29 is 13.2 Å². The number of likely N-dealkylation sites (tertiary alicyclic amines) is 1. The van der Waals surface area contributed by atoms with Gasteiger partial charge in [-0.05, 0) is 56.5 Å². The van der Waals surface area contributed by atoms with Crippen LogP contribution in [0.2, 0.25) is 0 Å². The number of benzene rings is 1. The summed E-state index contributed by atoms with van der Waals surface area (Å²) in [6, 6.07) is 5.70. The molecule has 1 aromatic carbocycles. The summed E-state index contributed by atoms with van der Waals surface area (Å²) in [5, 5.41) is 6.61. The lowest BCUT2D eigenvalue weighted by Gasteiger charge is -2.40. The Morgan fingerprint density at radius 2 is 1.92 bits per heavy atom. The van der Waals surface area contributed by atoms with Gasteiger partial charge in [-0.2, -0.15) is 13.2 Å². The fourth-order valence-corrected chi connectivity index (χ4v) is 3.56. The van der Waals surface area contributed by atoms with Gasteiger partial charge in [0.15, 0.2) is 5.96 Å². The van der Waals surface area contributed by atoms with Crippen LogP contribution in [0.3, 0.4) is 0 Å². The smallest absolute Gasteiger partial charge is 0.356 e. The topological polar surface area (TPSA) is 39.7 Å². The van der Waals surface area contributed by atoms with Crippen LogP contribution in [-0.4, -0.2) is 44.6 Å². The van der Waals surface area contributed by atoms with Crippen LogP contribution in [0.25, 0.3) is 0 Å². The molecular weight excluding hydrogens is 341 g/mol. The molecule has 0 aliphatic carbocycles. The second-order valence-electron chi connectivity index (χ2n) is 6.83.